The molecule has 1 heterocycles. The zero-order valence-corrected chi connectivity index (χ0v) is 15.8. The van der Waals surface area contributed by atoms with E-state index in [9.17, 15) is 9.59 Å². The summed E-state index contributed by atoms with van der Waals surface area (Å²) in [4.78, 5) is 27.4. The molecular weight excluding hydrogens is 338 g/mol. The molecule has 2 aromatic carbocycles. The van der Waals surface area contributed by atoms with E-state index in [1.165, 1.54) is 0 Å². The fraction of sp³-hybridized carbons (Fsp3) is 0.364. The Morgan fingerprint density at radius 1 is 1.00 bits per heavy atom. The molecule has 1 aliphatic rings. The first-order valence-electron chi connectivity index (χ1n) is 9.42. The van der Waals surface area contributed by atoms with Crippen LogP contribution in [0.25, 0.3) is 0 Å². The largest absolute Gasteiger partial charge is 0.340 e. The van der Waals surface area contributed by atoms with E-state index in [1.54, 1.807) is 17.0 Å². The van der Waals surface area contributed by atoms with Crippen LogP contribution in [-0.2, 0) is 4.79 Å². The molecule has 1 saturated heterocycles. The molecule has 27 heavy (non-hydrogen) atoms. The lowest BCUT2D eigenvalue weighted by Crippen LogP contribution is -2.51. The van der Waals surface area contributed by atoms with E-state index in [-0.39, 0.29) is 29.7 Å². The molecule has 5 nitrogen and oxygen atoms in total. The van der Waals surface area contributed by atoms with Gasteiger partial charge in [-0.1, -0.05) is 62.4 Å². The van der Waals surface area contributed by atoms with Gasteiger partial charge in [-0.05, 0) is 23.6 Å². The molecule has 0 aliphatic carbocycles. The summed E-state index contributed by atoms with van der Waals surface area (Å²) in [6.45, 7) is 4.97. The molecule has 1 aliphatic heterocycles. The van der Waals surface area contributed by atoms with Crippen LogP contribution >= 0.6 is 0 Å². The molecule has 0 radical (unpaired) electrons. The van der Waals surface area contributed by atoms with Crippen LogP contribution in [-0.4, -0.2) is 41.9 Å². The van der Waals surface area contributed by atoms with Crippen molar-refractivity contribution >= 4 is 11.8 Å². The first-order valence-corrected chi connectivity index (χ1v) is 9.42. The summed E-state index contributed by atoms with van der Waals surface area (Å²) in [7, 11) is 0. The smallest absolute Gasteiger partial charge is 0.251 e. The van der Waals surface area contributed by atoms with E-state index in [1.807, 2.05) is 50.2 Å². The molecule has 3 atom stereocenters. The minimum atomic E-state index is -0.570. The highest BCUT2D eigenvalue weighted by atomic mass is 16.2. The van der Waals surface area contributed by atoms with Gasteiger partial charge in [-0.3, -0.25) is 9.59 Å². The Morgan fingerprint density at radius 3 is 2.19 bits per heavy atom. The average molecular weight is 365 g/mol. The number of hydrogen-bond acceptors (Lipinski definition) is 3. The van der Waals surface area contributed by atoms with Crippen molar-refractivity contribution in [3.8, 4) is 0 Å². The van der Waals surface area contributed by atoms with Crippen molar-refractivity contribution in [1.29, 1.82) is 0 Å². The van der Waals surface area contributed by atoms with Crippen molar-refractivity contribution in [3.63, 3.8) is 0 Å². The summed E-state index contributed by atoms with van der Waals surface area (Å²) < 4.78 is 0. The SMILES string of the molecule is CC(C)C(NC(=O)c1ccccc1)C(=O)N1C[C@@H](N)[C@H](c2ccccc2)C1. The van der Waals surface area contributed by atoms with E-state index in [4.69, 9.17) is 5.73 Å². The highest BCUT2D eigenvalue weighted by Crippen LogP contribution is 2.27. The molecule has 1 fully saturated rings. The fourth-order valence-electron chi connectivity index (χ4n) is 3.59. The summed E-state index contributed by atoms with van der Waals surface area (Å²) in [5, 5.41) is 2.91. The normalized spacial score (nSPS) is 20.5. The molecule has 1 unspecified atom stereocenters. The zero-order chi connectivity index (χ0) is 19.4. The van der Waals surface area contributed by atoms with Crippen molar-refractivity contribution in [2.75, 3.05) is 13.1 Å². The minimum absolute atomic E-state index is 0.0165. The Labute approximate surface area is 160 Å². The predicted molar refractivity (Wildman–Crippen MR) is 106 cm³/mol. The molecule has 0 spiro atoms. The maximum atomic E-state index is 13.1. The van der Waals surface area contributed by atoms with E-state index >= 15 is 0 Å². The summed E-state index contributed by atoms with van der Waals surface area (Å²) in [5.74, 6) is -0.195. The zero-order valence-electron chi connectivity index (χ0n) is 15.8. The second kappa shape index (κ2) is 8.35. The van der Waals surface area contributed by atoms with Gasteiger partial charge in [-0.15, -0.1) is 0 Å². The standard InChI is InChI=1S/C22H27N3O2/c1-15(2)20(24-21(26)17-11-7-4-8-12-17)22(27)25-13-18(19(23)14-25)16-9-5-3-6-10-16/h3-12,15,18-20H,13-14,23H2,1-2H3,(H,24,26)/t18-,19+,20?/m0/s1. The molecule has 142 valence electrons. The maximum Gasteiger partial charge on any atom is 0.251 e. The lowest BCUT2D eigenvalue weighted by molar-refractivity contribution is -0.133. The number of amides is 2. The van der Waals surface area contributed by atoms with E-state index in [0.717, 1.165) is 5.56 Å². The third-order valence-electron chi connectivity index (χ3n) is 5.16. The van der Waals surface area contributed by atoms with Gasteiger partial charge >= 0.3 is 0 Å². The predicted octanol–water partition coefficient (Wildman–Crippen LogP) is 2.39. The van der Waals surface area contributed by atoms with Gasteiger partial charge in [0.05, 0.1) is 0 Å². The Bertz CT molecular complexity index is 777. The van der Waals surface area contributed by atoms with Crippen LogP contribution in [0.3, 0.4) is 0 Å². The third-order valence-corrected chi connectivity index (χ3v) is 5.16. The second-order valence-corrected chi connectivity index (χ2v) is 7.49. The van der Waals surface area contributed by atoms with Crippen LogP contribution < -0.4 is 11.1 Å². The molecule has 3 rings (SSSR count). The van der Waals surface area contributed by atoms with Gasteiger partial charge in [0.2, 0.25) is 5.91 Å². The lowest BCUT2D eigenvalue weighted by Gasteiger charge is -2.27. The van der Waals surface area contributed by atoms with Crippen LogP contribution in [0.4, 0.5) is 0 Å². The number of carbonyl (C=O) groups is 2. The van der Waals surface area contributed by atoms with E-state index in [2.05, 4.69) is 17.4 Å². The molecule has 0 saturated carbocycles. The number of nitrogens with one attached hydrogen (secondary N) is 1. The topological polar surface area (TPSA) is 75.4 Å². The van der Waals surface area contributed by atoms with Gasteiger partial charge in [-0.2, -0.15) is 0 Å². The number of likely N-dealkylation sites (tertiary alicyclic amines) is 1. The number of hydrogen-bond donors (Lipinski definition) is 2. The van der Waals surface area contributed by atoms with Crippen molar-refractivity contribution in [3.05, 3.63) is 71.8 Å². The number of benzene rings is 2. The van der Waals surface area contributed by atoms with Gasteiger partial charge < -0.3 is 16.0 Å². The quantitative estimate of drug-likeness (QED) is 0.854. The molecule has 0 bridgehead atoms. The first-order chi connectivity index (χ1) is 13.0. The van der Waals surface area contributed by atoms with Crippen LogP contribution in [0.15, 0.2) is 60.7 Å². The Morgan fingerprint density at radius 2 is 1.59 bits per heavy atom. The molecule has 2 amide bonds. The monoisotopic (exact) mass is 365 g/mol. The van der Waals surface area contributed by atoms with Crippen molar-refractivity contribution < 1.29 is 9.59 Å². The number of rotatable bonds is 5. The highest BCUT2D eigenvalue weighted by Gasteiger charge is 2.37. The minimum Gasteiger partial charge on any atom is -0.340 e. The Balaban J connectivity index is 1.71. The number of nitrogens with two attached hydrogens (primary N) is 1. The van der Waals surface area contributed by atoms with E-state index < -0.39 is 6.04 Å². The molecule has 5 heteroatoms. The van der Waals surface area contributed by atoms with Crippen molar-refractivity contribution in [2.45, 2.75) is 31.8 Å². The second-order valence-electron chi connectivity index (χ2n) is 7.49. The number of carbonyl (C=O) groups excluding carboxylic acids is 2. The van der Waals surface area contributed by atoms with Crippen LogP contribution in [0, 0.1) is 5.92 Å². The van der Waals surface area contributed by atoms with Gasteiger partial charge in [0.15, 0.2) is 0 Å². The summed E-state index contributed by atoms with van der Waals surface area (Å²) in [6, 6.07) is 18.4. The Kier molecular flexibility index (Phi) is 5.91. The summed E-state index contributed by atoms with van der Waals surface area (Å²) >= 11 is 0. The van der Waals surface area contributed by atoms with Gasteiger partial charge in [0, 0.05) is 30.6 Å². The van der Waals surface area contributed by atoms with Gasteiger partial charge in [0.1, 0.15) is 6.04 Å². The maximum absolute atomic E-state index is 13.1. The molecular formula is C22H27N3O2. The van der Waals surface area contributed by atoms with E-state index in [0.29, 0.717) is 18.7 Å². The van der Waals surface area contributed by atoms with Crippen LogP contribution in [0.1, 0.15) is 35.7 Å². The molecule has 0 aromatic heterocycles. The summed E-state index contributed by atoms with van der Waals surface area (Å²) in [5.41, 5.74) is 8.03. The van der Waals surface area contributed by atoms with Crippen LogP contribution in [0.5, 0.6) is 0 Å². The van der Waals surface area contributed by atoms with Gasteiger partial charge in [0.25, 0.3) is 5.91 Å². The lowest BCUT2D eigenvalue weighted by atomic mass is 9.95. The fourth-order valence-corrected chi connectivity index (χ4v) is 3.59. The summed E-state index contributed by atoms with van der Waals surface area (Å²) in [6.07, 6.45) is 0. The first kappa shape index (κ1) is 19.1. The third kappa shape index (κ3) is 4.37. The molecule has 2 aromatic rings. The Hall–Kier alpha value is -2.66. The van der Waals surface area contributed by atoms with Crippen molar-refractivity contribution in [1.82, 2.24) is 10.2 Å². The van der Waals surface area contributed by atoms with Crippen molar-refractivity contribution in [2.24, 2.45) is 11.7 Å². The van der Waals surface area contributed by atoms with Crippen LogP contribution in [0.2, 0.25) is 0 Å². The average Bonchev–Trinajstić information content (AvgIpc) is 3.08. The molecule has 3 N–H and O–H groups in total. The van der Waals surface area contributed by atoms with Gasteiger partial charge in [-0.25, -0.2) is 0 Å². The highest BCUT2D eigenvalue weighted by molar-refractivity contribution is 5.97. The number of nitrogens with zero attached hydrogens (tertiary/aromatic N) is 1.